The molecule has 0 aliphatic rings. The van der Waals surface area contributed by atoms with E-state index in [-0.39, 0.29) is 0 Å². The second-order valence-corrected chi connectivity index (χ2v) is 5.20. The second-order valence-electron chi connectivity index (χ2n) is 5.20. The highest BCUT2D eigenvalue weighted by atomic mass is 16.3. The van der Waals surface area contributed by atoms with Crippen LogP contribution in [0.5, 0.6) is 0 Å². The Labute approximate surface area is 114 Å². The summed E-state index contributed by atoms with van der Waals surface area (Å²) >= 11 is 0. The van der Waals surface area contributed by atoms with E-state index in [0.717, 1.165) is 12.8 Å². The molecule has 109 valence electrons. The van der Waals surface area contributed by atoms with Gasteiger partial charge in [0.05, 0.1) is 0 Å². The minimum Gasteiger partial charge on any atom is -0.396 e. The maximum absolute atomic E-state index is 8.64. The van der Waals surface area contributed by atoms with Gasteiger partial charge in [0.25, 0.3) is 0 Å². The zero-order valence-corrected chi connectivity index (χ0v) is 12.1. The van der Waals surface area contributed by atoms with Crippen molar-refractivity contribution in [2.75, 3.05) is 13.2 Å². The molecule has 0 rings (SSSR count). The first kappa shape index (κ1) is 17.9. The van der Waals surface area contributed by atoms with E-state index in [4.69, 9.17) is 10.2 Å². The topological polar surface area (TPSA) is 40.5 Å². The summed E-state index contributed by atoms with van der Waals surface area (Å²) in [4.78, 5) is 0. The predicted octanol–water partition coefficient (Wildman–Crippen LogP) is 4.25. The number of unbranched alkanes of at least 4 members (excludes halogenated alkanes) is 13. The van der Waals surface area contributed by atoms with E-state index in [9.17, 15) is 0 Å². The summed E-state index contributed by atoms with van der Waals surface area (Å²) < 4.78 is 0. The number of hydrogen-bond donors (Lipinski definition) is 2. The Morgan fingerprint density at radius 2 is 0.778 bits per heavy atom. The fourth-order valence-corrected chi connectivity index (χ4v) is 2.18. The predicted molar refractivity (Wildman–Crippen MR) is 78.5 cm³/mol. The Morgan fingerprint density at radius 3 is 1.17 bits per heavy atom. The van der Waals surface area contributed by atoms with Gasteiger partial charge >= 0.3 is 0 Å². The molecule has 0 amide bonds. The summed E-state index contributed by atoms with van der Waals surface area (Å²) in [6.45, 7) is 0.705. The molecular formula is C16H33O2. The molecule has 0 heterocycles. The fourth-order valence-electron chi connectivity index (χ4n) is 2.18. The lowest BCUT2D eigenvalue weighted by Gasteiger charge is -2.02. The van der Waals surface area contributed by atoms with Crippen LogP contribution in [0.15, 0.2) is 0 Å². The molecule has 1 radical (unpaired) electrons. The maximum Gasteiger partial charge on any atom is 0.0431 e. The summed E-state index contributed by atoms with van der Waals surface area (Å²) in [5, 5.41) is 17.3. The van der Waals surface area contributed by atoms with E-state index in [1.54, 1.807) is 0 Å². The summed E-state index contributed by atoms with van der Waals surface area (Å²) in [5.74, 6) is 0. The van der Waals surface area contributed by atoms with Crippen LogP contribution in [0, 0.1) is 6.42 Å². The van der Waals surface area contributed by atoms with Gasteiger partial charge in [0.2, 0.25) is 0 Å². The van der Waals surface area contributed by atoms with E-state index >= 15 is 0 Å². The molecule has 0 unspecified atom stereocenters. The van der Waals surface area contributed by atoms with Crippen LogP contribution in [0.2, 0.25) is 0 Å². The van der Waals surface area contributed by atoms with Crippen LogP contribution in [0.4, 0.5) is 0 Å². The SMILES string of the molecule is OCCCCCCC[CH]CCCCCCCCO. The Balaban J connectivity index is 2.86. The van der Waals surface area contributed by atoms with E-state index in [0.29, 0.717) is 13.2 Å². The van der Waals surface area contributed by atoms with Crippen molar-refractivity contribution in [3.63, 3.8) is 0 Å². The first-order valence-corrected chi connectivity index (χ1v) is 7.95. The molecule has 0 bridgehead atoms. The van der Waals surface area contributed by atoms with Crippen LogP contribution in [0.1, 0.15) is 83.5 Å². The minimum atomic E-state index is 0.352. The molecule has 0 saturated carbocycles. The highest BCUT2D eigenvalue weighted by molar-refractivity contribution is 4.64. The standard InChI is InChI=1S/C16H33O2/c17-15-13-11-9-7-5-3-1-2-4-6-8-10-12-14-16-18/h1,17-18H,2-16H2. The van der Waals surface area contributed by atoms with Gasteiger partial charge in [-0.05, 0) is 19.3 Å². The van der Waals surface area contributed by atoms with Gasteiger partial charge in [-0.15, -0.1) is 0 Å². The average Bonchev–Trinajstić information content (AvgIpc) is 2.39. The van der Waals surface area contributed by atoms with Gasteiger partial charge in [-0.2, -0.15) is 0 Å². The third-order valence-corrected chi connectivity index (χ3v) is 3.38. The second kappa shape index (κ2) is 16.9. The minimum absolute atomic E-state index is 0.352. The van der Waals surface area contributed by atoms with Crippen molar-refractivity contribution in [1.29, 1.82) is 0 Å². The van der Waals surface area contributed by atoms with E-state index in [1.165, 1.54) is 70.6 Å². The lowest BCUT2D eigenvalue weighted by Crippen LogP contribution is -1.86. The lowest BCUT2D eigenvalue weighted by atomic mass is 10.0. The molecule has 0 atom stereocenters. The lowest BCUT2D eigenvalue weighted by molar-refractivity contribution is 0.282. The summed E-state index contributed by atoms with van der Waals surface area (Å²) in [7, 11) is 0. The van der Waals surface area contributed by atoms with Crippen LogP contribution in [0.25, 0.3) is 0 Å². The van der Waals surface area contributed by atoms with Crippen LogP contribution in [-0.4, -0.2) is 23.4 Å². The molecule has 0 fully saturated rings. The largest absolute Gasteiger partial charge is 0.396 e. The Hall–Kier alpha value is -0.0800. The maximum atomic E-state index is 8.64. The number of aliphatic hydroxyl groups excluding tert-OH is 2. The highest BCUT2D eigenvalue weighted by Crippen LogP contribution is 2.12. The number of rotatable bonds is 15. The first-order valence-electron chi connectivity index (χ1n) is 7.95. The fraction of sp³-hybridized carbons (Fsp3) is 0.938. The van der Waals surface area contributed by atoms with Gasteiger partial charge in [0, 0.05) is 13.2 Å². The van der Waals surface area contributed by atoms with E-state index in [2.05, 4.69) is 6.42 Å². The zero-order valence-electron chi connectivity index (χ0n) is 12.1. The van der Waals surface area contributed by atoms with Crippen LogP contribution in [0.3, 0.4) is 0 Å². The quantitative estimate of drug-likeness (QED) is 0.431. The van der Waals surface area contributed by atoms with Crippen molar-refractivity contribution < 1.29 is 10.2 Å². The Kier molecular flexibility index (Phi) is 16.8. The average molecular weight is 257 g/mol. The molecular weight excluding hydrogens is 224 g/mol. The molecule has 18 heavy (non-hydrogen) atoms. The normalized spacial score (nSPS) is 11.0. The van der Waals surface area contributed by atoms with Crippen molar-refractivity contribution in [3.05, 3.63) is 6.42 Å². The van der Waals surface area contributed by atoms with Crippen molar-refractivity contribution in [2.24, 2.45) is 0 Å². The molecule has 0 aromatic heterocycles. The van der Waals surface area contributed by atoms with E-state index < -0.39 is 0 Å². The molecule has 0 aliphatic heterocycles. The van der Waals surface area contributed by atoms with Gasteiger partial charge in [-0.1, -0.05) is 70.6 Å². The summed E-state index contributed by atoms with van der Waals surface area (Å²) in [6.07, 6.45) is 18.5. The molecule has 0 aliphatic carbocycles. The smallest absolute Gasteiger partial charge is 0.0431 e. The molecule has 0 aromatic carbocycles. The van der Waals surface area contributed by atoms with Crippen molar-refractivity contribution >= 4 is 0 Å². The van der Waals surface area contributed by atoms with E-state index in [1.807, 2.05) is 0 Å². The Morgan fingerprint density at radius 1 is 0.444 bits per heavy atom. The van der Waals surface area contributed by atoms with Gasteiger partial charge in [-0.3, -0.25) is 0 Å². The molecule has 0 spiro atoms. The van der Waals surface area contributed by atoms with Gasteiger partial charge in [0.15, 0.2) is 0 Å². The molecule has 2 nitrogen and oxygen atoms in total. The molecule has 2 heteroatoms. The van der Waals surface area contributed by atoms with Gasteiger partial charge < -0.3 is 10.2 Å². The summed E-state index contributed by atoms with van der Waals surface area (Å²) in [5.41, 5.74) is 0. The molecule has 0 saturated heterocycles. The number of aliphatic hydroxyl groups is 2. The van der Waals surface area contributed by atoms with Crippen LogP contribution in [-0.2, 0) is 0 Å². The third kappa shape index (κ3) is 15.9. The van der Waals surface area contributed by atoms with Crippen molar-refractivity contribution in [3.8, 4) is 0 Å². The zero-order chi connectivity index (χ0) is 13.3. The molecule has 2 N–H and O–H groups in total. The monoisotopic (exact) mass is 257 g/mol. The van der Waals surface area contributed by atoms with Gasteiger partial charge in [0.1, 0.15) is 0 Å². The summed E-state index contributed by atoms with van der Waals surface area (Å²) in [6, 6.07) is 0. The van der Waals surface area contributed by atoms with Crippen molar-refractivity contribution in [2.45, 2.75) is 83.5 Å². The van der Waals surface area contributed by atoms with Crippen LogP contribution >= 0.6 is 0 Å². The highest BCUT2D eigenvalue weighted by Gasteiger charge is 1.94. The van der Waals surface area contributed by atoms with Crippen LogP contribution < -0.4 is 0 Å². The first-order chi connectivity index (χ1) is 8.91. The molecule has 0 aromatic rings. The number of hydrogen-bond acceptors (Lipinski definition) is 2. The Bertz CT molecular complexity index is 121. The van der Waals surface area contributed by atoms with Gasteiger partial charge in [-0.25, -0.2) is 0 Å². The third-order valence-electron chi connectivity index (χ3n) is 3.38. The van der Waals surface area contributed by atoms with Crippen molar-refractivity contribution in [1.82, 2.24) is 0 Å².